The molecular weight excluding hydrogens is 438 g/mol. The number of nitro benzene ring substituents is 1. The summed E-state index contributed by atoms with van der Waals surface area (Å²) in [6, 6.07) is 8.50. The number of non-ortho nitro benzene ring substituents is 1. The topological polar surface area (TPSA) is 121 Å². The van der Waals surface area contributed by atoms with E-state index < -0.39 is 22.7 Å². The lowest BCUT2D eigenvalue weighted by Gasteiger charge is -2.26. The van der Waals surface area contributed by atoms with Gasteiger partial charge in [-0.25, -0.2) is 4.98 Å². The highest BCUT2D eigenvalue weighted by Gasteiger charge is 2.46. The number of likely N-dealkylation sites (N-methyl/N-ethyl adjacent to an activating group) is 1. The van der Waals surface area contributed by atoms with Crippen LogP contribution in [0.2, 0.25) is 0 Å². The normalized spacial score (nSPS) is 17.8. The van der Waals surface area contributed by atoms with E-state index in [4.69, 9.17) is 0 Å². The van der Waals surface area contributed by atoms with Crippen molar-refractivity contribution in [3.8, 4) is 0 Å². The van der Waals surface area contributed by atoms with E-state index in [0.717, 1.165) is 5.56 Å². The van der Waals surface area contributed by atoms with Crippen LogP contribution in [0.4, 0.5) is 5.69 Å². The summed E-state index contributed by atoms with van der Waals surface area (Å²) in [6.45, 7) is 4.39. The molecule has 1 atom stereocenters. The quantitative estimate of drug-likeness (QED) is 0.196. The van der Waals surface area contributed by atoms with E-state index in [1.165, 1.54) is 29.2 Å². The number of carbonyl (C=O) groups excluding carboxylic acids is 2. The Hall–Kier alpha value is -4.05. The maximum Gasteiger partial charge on any atom is 0.295 e. The molecule has 1 saturated heterocycles. The van der Waals surface area contributed by atoms with Crippen molar-refractivity contribution in [3.63, 3.8) is 0 Å². The van der Waals surface area contributed by atoms with Crippen molar-refractivity contribution in [1.29, 1.82) is 0 Å². The number of Topliss-reactive ketones (excluding diaryl/α,β-unsaturated/α-hetero) is 1. The number of rotatable bonds is 6. The number of aromatic nitrogens is 2. The molecule has 34 heavy (non-hydrogen) atoms. The number of likely N-dealkylation sites (tertiary alicyclic amines) is 1. The van der Waals surface area contributed by atoms with Crippen molar-refractivity contribution in [3.05, 3.63) is 80.8 Å². The van der Waals surface area contributed by atoms with Gasteiger partial charge in [0.25, 0.3) is 17.4 Å². The molecule has 1 fully saturated rings. The second kappa shape index (κ2) is 8.71. The lowest BCUT2D eigenvalue weighted by Crippen LogP contribution is -2.35. The number of ketones is 1. The molecule has 1 aliphatic heterocycles. The first-order valence-electron chi connectivity index (χ1n) is 10.7. The van der Waals surface area contributed by atoms with Crippen LogP contribution in [0.1, 0.15) is 28.6 Å². The van der Waals surface area contributed by atoms with E-state index in [9.17, 15) is 24.8 Å². The maximum absolute atomic E-state index is 13.2. The first-order valence-corrected chi connectivity index (χ1v) is 10.7. The molecule has 1 amide bonds. The second-order valence-electron chi connectivity index (χ2n) is 8.58. The highest BCUT2D eigenvalue weighted by molar-refractivity contribution is 6.46. The first-order chi connectivity index (χ1) is 16.1. The van der Waals surface area contributed by atoms with Crippen LogP contribution in [0.25, 0.3) is 11.4 Å². The number of imidazole rings is 1. The van der Waals surface area contributed by atoms with Gasteiger partial charge in [-0.1, -0.05) is 6.07 Å². The zero-order valence-corrected chi connectivity index (χ0v) is 19.3. The molecule has 3 heterocycles. The lowest BCUT2D eigenvalue weighted by molar-refractivity contribution is -0.384. The number of hydrogen-bond donors (Lipinski definition) is 1. The predicted octanol–water partition coefficient (Wildman–Crippen LogP) is 2.84. The van der Waals surface area contributed by atoms with E-state index in [1.807, 2.05) is 48.6 Å². The van der Waals surface area contributed by atoms with Gasteiger partial charge in [-0.3, -0.25) is 19.7 Å². The van der Waals surface area contributed by atoms with Crippen LogP contribution in [0.5, 0.6) is 0 Å². The third-order valence-electron chi connectivity index (χ3n) is 6.06. The SMILES string of the molecule is Cc1cccn2c(C)c(/C(O)=C3\C(=O)C(=O)N(CCN(C)C)C3c3ccc([N+](=O)[O-])cc3)nc12. The average Bonchev–Trinajstić information content (AvgIpc) is 3.27. The molecule has 10 nitrogen and oxygen atoms in total. The third-order valence-corrected chi connectivity index (χ3v) is 6.06. The Kier molecular flexibility index (Phi) is 5.92. The molecule has 1 aromatic carbocycles. The van der Waals surface area contributed by atoms with Gasteiger partial charge in [0.1, 0.15) is 11.3 Å². The van der Waals surface area contributed by atoms with Gasteiger partial charge in [0, 0.05) is 31.4 Å². The van der Waals surface area contributed by atoms with Crippen LogP contribution in [0.3, 0.4) is 0 Å². The van der Waals surface area contributed by atoms with Crippen LogP contribution < -0.4 is 0 Å². The number of nitrogens with zero attached hydrogens (tertiary/aromatic N) is 5. The average molecular weight is 463 g/mol. The summed E-state index contributed by atoms with van der Waals surface area (Å²) >= 11 is 0. The lowest BCUT2D eigenvalue weighted by atomic mass is 9.96. The van der Waals surface area contributed by atoms with Gasteiger partial charge in [0.15, 0.2) is 5.76 Å². The minimum absolute atomic E-state index is 0.0817. The van der Waals surface area contributed by atoms with Crippen LogP contribution in [0.15, 0.2) is 48.2 Å². The van der Waals surface area contributed by atoms with E-state index in [0.29, 0.717) is 23.4 Å². The van der Waals surface area contributed by atoms with E-state index in [-0.39, 0.29) is 29.3 Å². The maximum atomic E-state index is 13.2. The third kappa shape index (κ3) is 3.81. The smallest absolute Gasteiger partial charge is 0.295 e. The Morgan fingerprint density at radius 1 is 1.18 bits per heavy atom. The van der Waals surface area contributed by atoms with Gasteiger partial charge < -0.3 is 19.3 Å². The molecule has 1 N–H and O–H groups in total. The molecule has 0 spiro atoms. The summed E-state index contributed by atoms with van der Waals surface area (Å²) in [6.07, 6.45) is 1.81. The summed E-state index contributed by atoms with van der Waals surface area (Å²) in [5.41, 5.74) is 2.66. The first kappa shape index (κ1) is 23.1. The van der Waals surface area contributed by atoms with E-state index in [2.05, 4.69) is 4.98 Å². The number of aliphatic hydroxyl groups excluding tert-OH is 1. The molecule has 0 bridgehead atoms. The number of aryl methyl sites for hydroxylation is 2. The largest absolute Gasteiger partial charge is 0.505 e. The molecule has 3 aromatic rings. The number of benzene rings is 1. The number of carbonyl (C=O) groups is 2. The Labute approximate surface area is 195 Å². The molecule has 4 rings (SSSR count). The highest BCUT2D eigenvalue weighted by Crippen LogP contribution is 2.40. The summed E-state index contributed by atoms with van der Waals surface area (Å²) in [4.78, 5) is 44.6. The summed E-state index contributed by atoms with van der Waals surface area (Å²) in [7, 11) is 3.69. The van der Waals surface area contributed by atoms with Crippen molar-refractivity contribution in [1.82, 2.24) is 19.2 Å². The Balaban J connectivity index is 1.91. The van der Waals surface area contributed by atoms with Crippen molar-refractivity contribution >= 4 is 28.8 Å². The van der Waals surface area contributed by atoms with Gasteiger partial charge in [-0.2, -0.15) is 0 Å². The van der Waals surface area contributed by atoms with Crippen LogP contribution in [-0.4, -0.2) is 68.1 Å². The zero-order valence-electron chi connectivity index (χ0n) is 19.3. The monoisotopic (exact) mass is 463 g/mol. The van der Waals surface area contributed by atoms with Gasteiger partial charge in [-0.15, -0.1) is 0 Å². The summed E-state index contributed by atoms with van der Waals surface area (Å²) < 4.78 is 1.81. The fourth-order valence-corrected chi connectivity index (χ4v) is 4.22. The van der Waals surface area contributed by atoms with Crippen molar-refractivity contribution in [2.75, 3.05) is 27.2 Å². The molecule has 1 unspecified atom stereocenters. The fraction of sp³-hybridized carbons (Fsp3) is 0.292. The number of pyridine rings is 1. The van der Waals surface area contributed by atoms with Crippen molar-refractivity contribution in [2.45, 2.75) is 19.9 Å². The zero-order chi connectivity index (χ0) is 24.7. The second-order valence-corrected chi connectivity index (χ2v) is 8.58. The van der Waals surface area contributed by atoms with Crippen molar-refractivity contribution < 1.29 is 19.6 Å². The van der Waals surface area contributed by atoms with Crippen molar-refractivity contribution in [2.24, 2.45) is 0 Å². The Morgan fingerprint density at radius 2 is 1.85 bits per heavy atom. The van der Waals surface area contributed by atoms with Gasteiger partial charge >= 0.3 is 0 Å². The summed E-state index contributed by atoms with van der Waals surface area (Å²) in [5.74, 6) is -1.91. The fourth-order valence-electron chi connectivity index (χ4n) is 4.22. The van der Waals surface area contributed by atoms with E-state index >= 15 is 0 Å². The van der Waals surface area contributed by atoms with Gasteiger partial charge in [-0.05, 0) is 57.3 Å². The standard InChI is InChI=1S/C24H25N5O5/c1-14-6-5-11-27-15(2)19(25-23(14)27)21(30)18-20(16-7-9-17(10-8-16)29(33)34)28(13-12-26(3)4)24(32)22(18)31/h5-11,20,30H,12-13H2,1-4H3/b21-18+. The minimum atomic E-state index is -0.897. The Bertz CT molecular complexity index is 1340. The minimum Gasteiger partial charge on any atom is -0.505 e. The van der Waals surface area contributed by atoms with Gasteiger partial charge in [0.2, 0.25) is 0 Å². The summed E-state index contributed by atoms with van der Waals surface area (Å²) in [5, 5.41) is 22.4. The number of amides is 1. The number of aliphatic hydroxyl groups is 1. The predicted molar refractivity (Wildman–Crippen MR) is 125 cm³/mol. The molecule has 2 aromatic heterocycles. The molecule has 10 heteroatoms. The van der Waals surface area contributed by atoms with Crippen LogP contribution in [0, 0.1) is 24.0 Å². The molecule has 0 radical (unpaired) electrons. The molecule has 176 valence electrons. The number of fused-ring (bicyclic) bond motifs is 1. The van der Waals surface area contributed by atoms with E-state index in [1.54, 1.807) is 6.92 Å². The molecule has 0 saturated carbocycles. The molecule has 0 aliphatic carbocycles. The van der Waals surface area contributed by atoms with Gasteiger partial charge in [0.05, 0.1) is 22.2 Å². The van der Waals surface area contributed by atoms with Crippen LogP contribution >= 0.6 is 0 Å². The highest BCUT2D eigenvalue weighted by atomic mass is 16.6. The molecular formula is C24H25N5O5. The van der Waals surface area contributed by atoms with Crippen LogP contribution in [-0.2, 0) is 9.59 Å². The number of hydrogen-bond acceptors (Lipinski definition) is 7. The molecule has 1 aliphatic rings. The number of nitro groups is 1. The Morgan fingerprint density at radius 3 is 2.44 bits per heavy atom.